The average molecular weight is 602 g/mol. The van der Waals surface area contributed by atoms with E-state index in [1.165, 1.54) is 24.5 Å². The molecule has 2 unspecified atom stereocenters. The Morgan fingerprint density at radius 2 is 1.93 bits per heavy atom. The van der Waals surface area contributed by atoms with Crippen LogP contribution in [-0.2, 0) is 6.18 Å². The average Bonchev–Trinajstić information content (AvgIpc) is 3.45. The molecule has 14 heteroatoms. The smallest absolute Gasteiger partial charge is 0.434 e. The minimum absolute atomic E-state index is 0.000738. The van der Waals surface area contributed by atoms with E-state index in [9.17, 15) is 37.8 Å². The molecule has 2 amide bonds. The van der Waals surface area contributed by atoms with E-state index in [1.807, 2.05) is 0 Å². The summed E-state index contributed by atoms with van der Waals surface area (Å²) in [6.07, 6.45) is 0.00674. The Balaban J connectivity index is 1.69. The summed E-state index contributed by atoms with van der Waals surface area (Å²) in [7, 11) is 0. The molecule has 0 spiro atoms. The Labute approximate surface area is 240 Å². The third-order valence-corrected chi connectivity index (χ3v) is 8.01. The molecule has 0 aliphatic heterocycles. The number of alkyl halides is 3. The Kier molecular flexibility index (Phi) is 8.01. The second-order valence-electron chi connectivity index (χ2n) is 9.87. The molecule has 4 N–H and O–H groups in total. The molecular weight excluding hydrogens is 575 g/mol. The Morgan fingerprint density at radius 1 is 1.17 bits per heavy atom. The van der Waals surface area contributed by atoms with Crippen molar-refractivity contribution in [3.63, 3.8) is 0 Å². The van der Waals surface area contributed by atoms with Crippen LogP contribution in [0.1, 0.15) is 54.7 Å². The summed E-state index contributed by atoms with van der Waals surface area (Å²) >= 11 is 0.752. The second kappa shape index (κ2) is 11.5. The zero-order valence-electron chi connectivity index (χ0n) is 22.2. The second-order valence-corrected chi connectivity index (χ2v) is 10.7. The first-order chi connectivity index (χ1) is 20.0. The molecule has 3 heterocycles. The fraction of sp³-hybridized carbons (Fsp3) is 0.321. The van der Waals surface area contributed by atoms with Gasteiger partial charge in [0.15, 0.2) is 5.69 Å². The number of carboxylic acids is 1. The topological polar surface area (TPSA) is 146 Å². The van der Waals surface area contributed by atoms with Crippen molar-refractivity contribution in [2.24, 2.45) is 0 Å². The molecule has 1 saturated carbocycles. The van der Waals surface area contributed by atoms with Crippen molar-refractivity contribution in [3.8, 4) is 21.7 Å². The van der Waals surface area contributed by atoms with Crippen LogP contribution >= 0.6 is 11.3 Å². The normalized spacial score (nSPS) is 17.3. The van der Waals surface area contributed by atoms with Gasteiger partial charge < -0.3 is 20.1 Å². The highest BCUT2D eigenvalue weighted by Gasteiger charge is 2.34. The fourth-order valence-electron chi connectivity index (χ4n) is 5.15. The Morgan fingerprint density at radius 3 is 2.60 bits per heavy atom. The van der Waals surface area contributed by atoms with Gasteiger partial charge in [-0.05, 0) is 43.5 Å². The van der Waals surface area contributed by atoms with Crippen LogP contribution in [-0.4, -0.2) is 49.4 Å². The van der Waals surface area contributed by atoms with Gasteiger partial charge in [-0.1, -0.05) is 18.9 Å². The van der Waals surface area contributed by atoms with Gasteiger partial charge in [-0.25, -0.2) is 19.6 Å². The number of carbonyl (C=O) groups excluding carboxylic acids is 1. The van der Waals surface area contributed by atoms with Gasteiger partial charge >= 0.3 is 18.2 Å². The lowest BCUT2D eigenvalue weighted by molar-refractivity contribution is -0.140. The molecule has 0 bridgehead atoms. The molecule has 5 rings (SSSR count). The summed E-state index contributed by atoms with van der Waals surface area (Å²) in [5, 5.41) is 26.5. The summed E-state index contributed by atoms with van der Waals surface area (Å²) in [5.41, 5.74) is -0.974. The number of carboxylic acid groups (broad SMARTS) is 1. The first-order valence-electron chi connectivity index (χ1n) is 13.2. The summed E-state index contributed by atoms with van der Waals surface area (Å²) in [5.74, 6) is -1.36. The summed E-state index contributed by atoms with van der Waals surface area (Å²) in [6, 6.07) is 5.12. The molecule has 0 radical (unpaired) electrons. The van der Waals surface area contributed by atoms with Crippen molar-refractivity contribution in [2.75, 3.05) is 11.9 Å². The lowest BCUT2D eigenvalue weighted by Gasteiger charge is -2.31. The highest BCUT2D eigenvalue weighted by molar-refractivity contribution is 7.13. The fourth-order valence-corrected chi connectivity index (χ4v) is 6.00. The quantitative estimate of drug-likeness (QED) is 0.228. The number of rotatable bonds is 6. The predicted octanol–water partition coefficient (Wildman–Crippen LogP) is 5.52. The number of aromatic nitrogens is 3. The van der Waals surface area contributed by atoms with Crippen molar-refractivity contribution < 1.29 is 33.0 Å². The first-order valence-corrected chi connectivity index (χ1v) is 14.0. The molecule has 42 heavy (non-hydrogen) atoms. The number of nitrogens with one attached hydrogen (secondary N) is 2. The van der Waals surface area contributed by atoms with Crippen molar-refractivity contribution in [2.45, 2.75) is 50.9 Å². The number of nitrogens with zero attached hydrogens (tertiary/aromatic N) is 3. The number of thiazole rings is 1. The van der Waals surface area contributed by atoms with E-state index in [-0.39, 0.29) is 21.8 Å². The number of amides is 2. The van der Waals surface area contributed by atoms with Crippen LogP contribution in [0.4, 0.5) is 23.8 Å². The van der Waals surface area contributed by atoms with Gasteiger partial charge in [-0.3, -0.25) is 10.1 Å². The largest absolute Gasteiger partial charge is 0.477 e. The van der Waals surface area contributed by atoms with Crippen molar-refractivity contribution in [1.29, 1.82) is 0 Å². The third-order valence-electron chi connectivity index (χ3n) is 7.13. The number of hydrogen-bond donors (Lipinski definition) is 4. The van der Waals surface area contributed by atoms with E-state index < -0.39 is 47.0 Å². The van der Waals surface area contributed by atoms with E-state index in [1.54, 1.807) is 23.6 Å². The SMILES string of the molecule is CCNC(=O)Nc1cc(-c2nc(C(F)(F)F)cs2)c(-c2ccc3c(c2)c(=O)c(C(=O)O)cn3C2CCCCC2O)cn1. The minimum Gasteiger partial charge on any atom is -0.477 e. The number of aliphatic hydroxyl groups excluding tert-OH is 1. The number of hydrogen-bond acceptors (Lipinski definition) is 7. The molecule has 0 saturated heterocycles. The van der Waals surface area contributed by atoms with Gasteiger partial charge in [0.25, 0.3) is 0 Å². The molecule has 1 aliphatic carbocycles. The standard InChI is InChI=1S/C28H26F3N5O5S/c1-2-32-27(41)35-23-10-15(25-34-22(13-42-25)28(29,30)31)17(11-33-23)14-7-8-19-16(9-14)24(38)18(26(39)40)12-36(19)20-5-3-4-6-21(20)37/h7-13,20-21,37H,2-6H2,1H3,(H,39,40)(H2,32,33,35,41). The van der Waals surface area contributed by atoms with Crippen LogP contribution in [0.2, 0.25) is 0 Å². The molecular formula is C28H26F3N5O5S. The van der Waals surface area contributed by atoms with Crippen LogP contribution in [0.5, 0.6) is 0 Å². The third kappa shape index (κ3) is 5.72. The zero-order valence-corrected chi connectivity index (χ0v) is 23.1. The molecule has 10 nitrogen and oxygen atoms in total. The molecule has 220 valence electrons. The molecule has 1 fully saturated rings. The number of aromatic carboxylic acids is 1. The number of pyridine rings is 2. The van der Waals surface area contributed by atoms with Crippen molar-refractivity contribution in [1.82, 2.24) is 19.9 Å². The Bertz CT molecular complexity index is 1740. The van der Waals surface area contributed by atoms with E-state index in [2.05, 4.69) is 20.6 Å². The monoisotopic (exact) mass is 601 g/mol. The zero-order chi connectivity index (χ0) is 30.2. The van der Waals surface area contributed by atoms with Crippen LogP contribution in [0.25, 0.3) is 32.6 Å². The van der Waals surface area contributed by atoms with Gasteiger partial charge in [0.2, 0.25) is 5.43 Å². The van der Waals surface area contributed by atoms with Gasteiger partial charge in [-0.2, -0.15) is 13.2 Å². The molecule has 1 aliphatic rings. The van der Waals surface area contributed by atoms with Crippen LogP contribution < -0.4 is 16.1 Å². The van der Waals surface area contributed by atoms with Crippen LogP contribution in [0.3, 0.4) is 0 Å². The van der Waals surface area contributed by atoms with E-state index >= 15 is 0 Å². The number of urea groups is 1. The van der Waals surface area contributed by atoms with Crippen LogP contribution in [0, 0.1) is 0 Å². The number of anilines is 1. The maximum atomic E-state index is 13.4. The van der Waals surface area contributed by atoms with Gasteiger partial charge in [-0.15, -0.1) is 11.3 Å². The first kappa shape index (κ1) is 29.2. The van der Waals surface area contributed by atoms with Crippen LogP contribution in [0.15, 0.2) is 46.8 Å². The predicted molar refractivity (Wildman–Crippen MR) is 151 cm³/mol. The summed E-state index contributed by atoms with van der Waals surface area (Å²) < 4.78 is 41.8. The summed E-state index contributed by atoms with van der Waals surface area (Å²) in [6.45, 7) is 2.05. The Hall–Kier alpha value is -4.30. The van der Waals surface area contributed by atoms with Crippen molar-refractivity contribution >= 4 is 40.1 Å². The maximum absolute atomic E-state index is 13.4. The molecule has 4 aromatic rings. The summed E-state index contributed by atoms with van der Waals surface area (Å²) in [4.78, 5) is 45.4. The lowest BCUT2D eigenvalue weighted by Crippen LogP contribution is -2.30. The number of halogens is 3. The van der Waals surface area contributed by atoms with E-state index in [0.29, 0.717) is 36.0 Å². The van der Waals surface area contributed by atoms with Gasteiger partial charge in [0.05, 0.1) is 17.7 Å². The van der Waals surface area contributed by atoms with E-state index in [4.69, 9.17) is 0 Å². The molecule has 2 atom stereocenters. The molecule has 1 aromatic carbocycles. The number of aliphatic hydroxyl groups is 1. The maximum Gasteiger partial charge on any atom is 0.434 e. The van der Waals surface area contributed by atoms with Gasteiger partial charge in [0, 0.05) is 40.8 Å². The minimum atomic E-state index is -4.67. The number of fused-ring (bicyclic) bond motifs is 1. The molecule has 3 aromatic heterocycles. The van der Waals surface area contributed by atoms with Gasteiger partial charge in [0.1, 0.15) is 16.4 Å². The highest BCUT2D eigenvalue weighted by atomic mass is 32.1. The van der Waals surface area contributed by atoms with Crippen molar-refractivity contribution in [3.05, 3.63) is 63.5 Å². The number of carbonyl (C=O) groups is 2. The highest BCUT2D eigenvalue weighted by Crippen LogP contribution is 2.39. The van der Waals surface area contributed by atoms with E-state index in [0.717, 1.165) is 29.6 Å². The lowest BCUT2D eigenvalue weighted by atomic mass is 9.91. The number of benzene rings is 1.